The summed E-state index contributed by atoms with van der Waals surface area (Å²) in [6, 6.07) is 2.86. The van der Waals surface area contributed by atoms with E-state index in [1.807, 2.05) is 0 Å². The van der Waals surface area contributed by atoms with Gasteiger partial charge in [0.25, 0.3) is 0 Å². The maximum Gasteiger partial charge on any atom is 0.123 e. The second-order valence-electron chi connectivity index (χ2n) is 4.76. The van der Waals surface area contributed by atoms with Crippen LogP contribution in [0.4, 0.5) is 0 Å². The molecule has 2 rings (SSSR count). The Bertz CT molecular complexity index is 355. The van der Waals surface area contributed by atoms with Gasteiger partial charge in [0, 0.05) is 24.0 Å². The van der Waals surface area contributed by atoms with Crippen molar-refractivity contribution in [1.29, 1.82) is 5.26 Å². The van der Waals surface area contributed by atoms with Crippen LogP contribution in [0.1, 0.15) is 25.7 Å². The number of rotatable bonds is 5. The Labute approximate surface area is 101 Å². The monoisotopic (exact) mass is 234 g/mol. The Balaban J connectivity index is 1.87. The van der Waals surface area contributed by atoms with E-state index < -0.39 is 0 Å². The maximum absolute atomic E-state index is 9.45. The molecule has 2 atom stereocenters. The fraction of sp³-hybridized carbons (Fsp3) is 0.909. The molecule has 17 heavy (non-hydrogen) atoms. The Morgan fingerprint density at radius 1 is 1.59 bits per heavy atom. The largest absolute Gasteiger partial charge is 0.298 e. The molecule has 0 spiro atoms. The fourth-order valence-electron chi connectivity index (χ4n) is 3.02. The van der Waals surface area contributed by atoms with Gasteiger partial charge >= 0.3 is 0 Å². The van der Waals surface area contributed by atoms with Crippen molar-refractivity contribution in [1.82, 2.24) is 10.2 Å². The van der Waals surface area contributed by atoms with E-state index in [0.29, 0.717) is 12.6 Å². The summed E-state index contributed by atoms with van der Waals surface area (Å²) in [4.78, 5) is 5.14. The molecule has 92 valence electrons. The van der Waals surface area contributed by atoms with Crippen LogP contribution in [0.5, 0.6) is 0 Å². The third-order valence-electron chi connectivity index (χ3n) is 3.86. The summed E-state index contributed by atoms with van der Waals surface area (Å²) in [5.41, 5.74) is 7.81. The van der Waals surface area contributed by atoms with Crippen molar-refractivity contribution in [3.8, 4) is 6.07 Å². The van der Waals surface area contributed by atoms with Gasteiger partial charge < -0.3 is 0 Å². The summed E-state index contributed by atoms with van der Waals surface area (Å²) in [6.45, 7) is 3.41. The lowest BCUT2D eigenvalue weighted by atomic mass is 9.90. The lowest BCUT2D eigenvalue weighted by Crippen LogP contribution is -2.52. The second kappa shape index (κ2) is 5.37. The lowest BCUT2D eigenvalue weighted by molar-refractivity contribution is 0.266. The number of azide groups is 1. The summed E-state index contributed by atoms with van der Waals surface area (Å²) in [5.74, 6) is 0. The van der Waals surface area contributed by atoms with Crippen molar-refractivity contribution in [2.75, 3.05) is 26.2 Å². The molecular formula is C11H18N6. The molecular weight excluding hydrogens is 216 g/mol. The molecule has 2 fully saturated rings. The van der Waals surface area contributed by atoms with E-state index in [9.17, 15) is 5.26 Å². The molecule has 0 bridgehead atoms. The van der Waals surface area contributed by atoms with Gasteiger partial charge in [-0.2, -0.15) is 5.26 Å². The third-order valence-corrected chi connectivity index (χ3v) is 3.86. The summed E-state index contributed by atoms with van der Waals surface area (Å²) in [6.07, 6.45) is 4.03. The molecule has 2 heterocycles. The smallest absolute Gasteiger partial charge is 0.123 e. The highest BCUT2D eigenvalue weighted by Gasteiger charge is 2.49. The minimum absolute atomic E-state index is 0.368. The van der Waals surface area contributed by atoms with Crippen LogP contribution in [0.15, 0.2) is 5.11 Å². The van der Waals surface area contributed by atoms with Crippen LogP contribution in [0.2, 0.25) is 0 Å². The highest BCUT2D eigenvalue weighted by atomic mass is 15.3. The van der Waals surface area contributed by atoms with Crippen LogP contribution in [0.3, 0.4) is 0 Å². The first-order valence-electron chi connectivity index (χ1n) is 6.23. The molecule has 0 aliphatic carbocycles. The molecule has 2 unspecified atom stereocenters. The zero-order chi connectivity index (χ0) is 12.1. The minimum atomic E-state index is -0.368. The van der Waals surface area contributed by atoms with Gasteiger partial charge in [0.15, 0.2) is 0 Å². The van der Waals surface area contributed by atoms with Gasteiger partial charge in [0.1, 0.15) is 5.54 Å². The van der Waals surface area contributed by atoms with E-state index in [4.69, 9.17) is 5.53 Å². The molecule has 0 aromatic carbocycles. The Morgan fingerprint density at radius 2 is 2.47 bits per heavy atom. The highest BCUT2D eigenvalue weighted by molar-refractivity contribution is 5.19. The number of nitrogens with zero attached hydrogens (tertiary/aromatic N) is 5. The molecule has 1 N–H and O–H groups in total. The first-order chi connectivity index (χ1) is 8.32. The Kier molecular flexibility index (Phi) is 3.85. The summed E-state index contributed by atoms with van der Waals surface area (Å²) >= 11 is 0. The Morgan fingerprint density at radius 3 is 3.24 bits per heavy atom. The molecule has 0 saturated carbocycles. The van der Waals surface area contributed by atoms with Gasteiger partial charge in [-0.3, -0.25) is 10.2 Å². The van der Waals surface area contributed by atoms with Crippen molar-refractivity contribution in [3.05, 3.63) is 10.4 Å². The standard InChI is InChI=1S/C11H18N6/c12-9-11(14-5-2-6-15-16-13)4-8-17-7-1-3-10(11)17/h10,14H,1-8H2. The van der Waals surface area contributed by atoms with Crippen LogP contribution in [-0.2, 0) is 0 Å². The molecule has 2 saturated heterocycles. The fourth-order valence-corrected chi connectivity index (χ4v) is 3.02. The van der Waals surface area contributed by atoms with Gasteiger partial charge in [-0.15, -0.1) is 0 Å². The van der Waals surface area contributed by atoms with Crippen LogP contribution < -0.4 is 5.32 Å². The normalized spacial score (nSPS) is 31.8. The van der Waals surface area contributed by atoms with Crippen molar-refractivity contribution in [2.45, 2.75) is 37.3 Å². The third kappa shape index (κ3) is 2.37. The first-order valence-corrected chi connectivity index (χ1v) is 6.23. The summed E-state index contributed by atoms with van der Waals surface area (Å²) < 4.78 is 0. The predicted molar refractivity (Wildman–Crippen MR) is 64.2 cm³/mol. The number of hydrogen-bond acceptors (Lipinski definition) is 4. The van der Waals surface area contributed by atoms with E-state index in [0.717, 1.165) is 38.9 Å². The quantitative estimate of drug-likeness (QED) is 0.337. The van der Waals surface area contributed by atoms with Gasteiger partial charge in [-0.25, -0.2) is 0 Å². The van der Waals surface area contributed by atoms with E-state index >= 15 is 0 Å². The van der Waals surface area contributed by atoms with E-state index in [1.54, 1.807) is 0 Å². The maximum atomic E-state index is 9.45. The first kappa shape index (κ1) is 12.2. The van der Waals surface area contributed by atoms with Crippen LogP contribution >= 0.6 is 0 Å². The van der Waals surface area contributed by atoms with Crippen molar-refractivity contribution in [2.24, 2.45) is 5.11 Å². The number of fused-ring (bicyclic) bond motifs is 1. The molecule has 0 aromatic rings. The average molecular weight is 234 g/mol. The molecule has 6 nitrogen and oxygen atoms in total. The van der Waals surface area contributed by atoms with Gasteiger partial charge in [0.2, 0.25) is 0 Å². The lowest BCUT2D eigenvalue weighted by Gasteiger charge is -2.29. The van der Waals surface area contributed by atoms with E-state index in [1.165, 1.54) is 6.42 Å². The highest BCUT2D eigenvalue weighted by Crippen LogP contribution is 2.35. The Hall–Kier alpha value is -1.28. The average Bonchev–Trinajstić information content (AvgIpc) is 2.92. The van der Waals surface area contributed by atoms with Crippen LogP contribution in [-0.4, -0.2) is 42.7 Å². The zero-order valence-corrected chi connectivity index (χ0v) is 9.97. The molecule has 0 amide bonds. The minimum Gasteiger partial charge on any atom is -0.298 e. The van der Waals surface area contributed by atoms with Crippen molar-refractivity contribution >= 4 is 0 Å². The topological polar surface area (TPSA) is 87.8 Å². The molecule has 2 aliphatic rings. The number of hydrogen-bond donors (Lipinski definition) is 1. The summed E-state index contributed by atoms with van der Waals surface area (Å²) in [5, 5.41) is 16.3. The second-order valence-corrected chi connectivity index (χ2v) is 4.76. The van der Waals surface area contributed by atoms with Crippen LogP contribution in [0, 0.1) is 11.3 Å². The van der Waals surface area contributed by atoms with E-state index in [2.05, 4.69) is 26.3 Å². The zero-order valence-electron chi connectivity index (χ0n) is 9.97. The number of nitriles is 1. The van der Waals surface area contributed by atoms with Gasteiger partial charge in [0.05, 0.1) is 6.07 Å². The van der Waals surface area contributed by atoms with Crippen molar-refractivity contribution < 1.29 is 0 Å². The number of nitrogens with one attached hydrogen (secondary N) is 1. The van der Waals surface area contributed by atoms with Gasteiger partial charge in [-0.1, -0.05) is 5.11 Å². The van der Waals surface area contributed by atoms with E-state index in [-0.39, 0.29) is 5.54 Å². The van der Waals surface area contributed by atoms with Gasteiger partial charge in [-0.05, 0) is 44.3 Å². The molecule has 6 heteroatoms. The predicted octanol–water partition coefficient (Wildman–Crippen LogP) is 1.41. The van der Waals surface area contributed by atoms with Crippen LogP contribution in [0.25, 0.3) is 10.4 Å². The SMILES string of the molecule is N#CC1(NCCCN=[N+]=[N-])CCN2CCCC21. The van der Waals surface area contributed by atoms with Crippen molar-refractivity contribution in [3.63, 3.8) is 0 Å². The molecule has 0 aromatic heterocycles. The molecule has 0 radical (unpaired) electrons. The molecule has 2 aliphatic heterocycles. The summed E-state index contributed by atoms with van der Waals surface area (Å²) in [7, 11) is 0.